The highest BCUT2D eigenvalue weighted by molar-refractivity contribution is 5.94. The van der Waals surface area contributed by atoms with Gasteiger partial charge in [-0.3, -0.25) is 4.99 Å². The highest BCUT2D eigenvalue weighted by Crippen LogP contribution is 2.00. The van der Waals surface area contributed by atoms with E-state index < -0.39 is 0 Å². The first-order chi connectivity index (χ1) is 6.88. The fraction of sp³-hybridized carbons (Fsp3) is 0.417. The van der Waals surface area contributed by atoms with Gasteiger partial charge in [0.25, 0.3) is 0 Å². The van der Waals surface area contributed by atoms with Gasteiger partial charge in [-0.15, -0.1) is 0 Å². The fourth-order valence-corrected chi connectivity index (χ4v) is 0.789. The fourth-order valence-electron chi connectivity index (χ4n) is 0.789. The smallest absolute Gasteiger partial charge is 0.131 e. The quantitative estimate of drug-likeness (QED) is 0.656. The Hall–Kier alpha value is -1.31. The summed E-state index contributed by atoms with van der Waals surface area (Å²) in [4.78, 5) is 6.00. The van der Waals surface area contributed by atoms with Crippen LogP contribution in [0.5, 0.6) is 0 Å². The SMILES string of the molecule is C=CC1=NCC=CN1C=C.CC.CC. The minimum absolute atomic E-state index is 0.742. The average Bonchev–Trinajstić information content (AvgIpc) is 2.34. The van der Waals surface area contributed by atoms with Gasteiger partial charge in [0.05, 0.1) is 6.54 Å². The van der Waals surface area contributed by atoms with Gasteiger partial charge < -0.3 is 4.90 Å². The van der Waals surface area contributed by atoms with Crippen molar-refractivity contribution in [2.24, 2.45) is 4.99 Å². The summed E-state index contributed by atoms with van der Waals surface area (Å²) in [6.45, 7) is 16.0. The number of nitrogens with zero attached hydrogens (tertiary/aromatic N) is 2. The number of aliphatic imine (C=N–C) groups is 1. The van der Waals surface area contributed by atoms with Crippen LogP contribution in [0.25, 0.3) is 0 Å². The Labute approximate surface area is 88.3 Å². The van der Waals surface area contributed by atoms with Gasteiger partial charge in [-0.1, -0.05) is 40.9 Å². The summed E-state index contributed by atoms with van der Waals surface area (Å²) in [6, 6.07) is 0. The van der Waals surface area contributed by atoms with Crippen LogP contribution in [0.15, 0.2) is 42.7 Å². The van der Waals surface area contributed by atoms with Gasteiger partial charge in [0.1, 0.15) is 5.84 Å². The van der Waals surface area contributed by atoms with Crippen molar-refractivity contribution in [3.05, 3.63) is 37.7 Å². The van der Waals surface area contributed by atoms with E-state index in [1.54, 1.807) is 12.3 Å². The zero-order valence-corrected chi connectivity index (χ0v) is 9.83. The van der Waals surface area contributed by atoms with Crippen LogP contribution < -0.4 is 0 Å². The summed E-state index contributed by atoms with van der Waals surface area (Å²) in [5.41, 5.74) is 0. The second kappa shape index (κ2) is 11.7. The Morgan fingerprint density at radius 3 is 2.21 bits per heavy atom. The predicted molar refractivity (Wildman–Crippen MR) is 66.4 cm³/mol. The molecule has 0 atom stereocenters. The maximum atomic E-state index is 4.17. The van der Waals surface area contributed by atoms with Gasteiger partial charge in [0.2, 0.25) is 0 Å². The second-order valence-corrected chi connectivity index (χ2v) is 1.88. The molecule has 0 bridgehead atoms. The molecule has 0 aliphatic carbocycles. The molecule has 0 aromatic carbocycles. The molecule has 0 N–H and O–H groups in total. The molecule has 0 aromatic rings. The third kappa shape index (κ3) is 5.36. The van der Waals surface area contributed by atoms with E-state index in [1.807, 2.05) is 44.9 Å². The van der Waals surface area contributed by atoms with Crippen LogP contribution in [0.3, 0.4) is 0 Å². The van der Waals surface area contributed by atoms with E-state index in [9.17, 15) is 0 Å². The molecule has 1 aliphatic heterocycles. The molecule has 14 heavy (non-hydrogen) atoms. The van der Waals surface area contributed by atoms with E-state index in [1.165, 1.54) is 0 Å². The van der Waals surface area contributed by atoms with E-state index in [2.05, 4.69) is 18.2 Å². The Bertz CT molecular complexity index is 202. The normalized spacial score (nSPS) is 12.6. The molecular formula is C12H22N2. The Balaban J connectivity index is 0. The highest BCUT2D eigenvalue weighted by atomic mass is 15.2. The van der Waals surface area contributed by atoms with E-state index in [0.717, 1.165) is 12.4 Å². The van der Waals surface area contributed by atoms with Gasteiger partial charge in [-0.2, -0.15) is 0 Å². The van der Waals surface area contributed by atoms with Crippen molar-refractivity contribution in [3.63, 3.8) is 0 Å². The molecular weight excluding hydrogens is 172 g/mol. The molecule has 0 saturated carbocycles. The van der Waals surface area contributed by atoms with Crippen molar-refractivity contribution in [2.75, 3.05) is 6.54 Å². The first-order valence-electron chi connectivity index (χ1n) is 5.13. The Morgan fingerprint density at radius 2 is 1.86 bits per heavy atom. The third-order valence-corrected chi connectivity index (χ3v) is 1.27. The van der Waals surface area contributed by atoms with Crippen molar-refractivity contribution >= 4 is 5.84 Å². The maximum Gasteiger partial charge on any atom is 0.131 e. The van der Waals surface area contributed by atoms with Crippen LogP contribution in [0.4, 0.5) is 0 Å². The maximum absolute atomic E-state index is 4.17. The number of amidine groups is 1. The minimum Gasteiger partial charge on any atom is -0.310 e. The topological polar surface area (TPSA) is 15.6 Å². The predicted octanol–water partition coefficient (Wildman–Crippen LogP) is 3.60. The number of hydrogen-bond donors (Lipinski definition) is 0. The summed E-state index contributed by atoms with van der Waals surface area (Å²) in [5.74, 6) is 0.859. The monoisotopic (exact) mass is 194 g/mol. The van der Waals surface area contributed by atoms with Crippen molar-refractivity contribution in [2.45, 2.75) is 27.7 Å². The molecule has 80 valence electrons. The lowest BCUT2D eigenvalue weighted by atomic mass is 10.4. The highest BCUT2D eigenvalue weighted by Gasteiger charge is 2.01. The van der Waals surface area contributed by atoms with Crippen molar-refractivity contribution < 1.29 is 0 Å². The van der Waals surface area contributed by atoms with E-state index in [4.69, 9.17) is 0 Å². The van der Waals surface area contributed by atoms with Crippen LogP contribution >= 0.6 is 0 Å². The molecule has 1 rings (SSSR count). The standard InChI is InChI=1S/C8H10N2.2C2H6/c1-3-8-9-6-5-7-10(8)4-2;2*1-2/h3-5,7H,1-2,6H2;2*1-2H3. The van der Waals surface area contributed by atoms with Gasteiger partial charge in [0.15, 0.2) is 0 Å². The molecule has 2 heteroatoms. The van der Waals surface area contributed by atoms with E-state index >= 15 is 0 Å². The van der Waals surface area contributed by atoms with Crippen LogP contribution in [0, 0.1) is 0 Å². The molecule has 0 fully saturated rings. The molecule has 1 aliphatic rings. The van der Waals surface area contributed by atoms with Gasteiger partial charge >= 0.3 is 0 Å². The Morgan fingerprint density at radius 1 is 1.29 bits per heavy atom. The zero-order valence-electron chi connectivity index (χ0n) is 9.83. The number of hydrogen-bond acceptors (Lipinski definition) is 2. The summed E-state index contributed by atoms with van der Waals surface area (Å²) >= 11 is 0. The van der Waals surface area contributed by atoms with Crippen molar-refractivity contribution in [1.82, 2.24) is 4.90 Å². The molecule has 2 nitrogen and oxygen atoms in total. The number of rotatable bonds is 2. The first kappa shape index (κ1) is 15.2. The first-order valence-corrected chi connectivity index (χ1v) is 5.13. The molecule has 0 spiro atoms. The Kier molecular flexibility index (Phi) is 12.7. The van der Waals surface area contributed by atoms with Gasteiger partial charge in [0, 0.05) is 12.4 Å². The summed E-state index contributed by atoms with van der Waals surface area (Å²) in [7, 11) is 0. The molecule has 1 heterocycles. The summed E-state index contributed by atoms with van der Waals surface area (Å²) < 4.78 is 0. The average molecular weight is 194 g/mol. The largest absolute Gasteiger partial charge is 0.310 e. The molecule has 0 radical (unpaired) electrons. The molecule has 0 aromatic heterocycles. The lowest BCUT2D eigenvalue weighted by molar-refractivity contribution is 0.742. The molecule has 0 unspecified atom stereocenters. The van der Waals surface area contributed by atoms with Crippen molar-refractivity contribution in [1.29, 1.82) is 0 Å². The summed E-state index contributed by atoms with van der Waals surface area (Å²) in [5, 5.41) is 0. The van der Waals surface area contributed by atoms with E-state index in [-0.39, 0.29) is 0 Å². The zero-order chi connectivity index (χ0) is 11.4. The van der Waals surface area contributed by atoms with E-state index in [0.29, 0.717) is 0 Å². The van der Waals surface area contributed by atoms with Gasteiger partial charge in [-0.25, -0.2) is 0 Å². The second-order valence-electron chi connectivity index (χ2n) is 1.88. The third-order valence-electron chi connectivity index (χ3n) is 1.27. The van der Waals surface area contributed by atoms with Crippen LogP contribution in [0.2, 0.25) is 0 Å². The van der Waals surface area contributed by atoms with Gasteiger partial charge in [-0.05, 0) is 12.2 Å². The van der Waals surface area contributed by atoms with Crippen LogP contribution in [-0.4, -0.2) is 17.3 Å². The minimum atomic E-state index is 0.742. The lowest BCUT2D eigenvalue weighted by Crippen LogP contribution is -2.20. The molecule has 0 amide bonds. The van der Waals surface area contributed by atoms with Crippen LogP contribution in [0.1, 0.15) is 27.7 Å². The van der Waals surface area contributed by atoms with Crippen LogP contribution in [-0.2, 0) is 0 Å². The van der Waals surface area contributed by atoms with Crippen molar-refractivity contribution in [3.8, 4) is 0 Å². The molecule has 0 saturated heterocycles. The summed E-state index contributed by atoms with van der Waals surface area (Å²) in [6.07, 6.45) is 7.31. The lowest BCUT2D eigenvalue weighted by Gasteiger charge is -2.17.